The Bertz CT molecular complexity index is 692. The van der Waals surface area contributed by atoms with Crippen LogP contribution in [0, 0.1) is 0 Å². The van der Waals surface area contributed by atoms with Crippen LogP contribution in [0.3, 0.4) is 0 Å². The molecule has 0 saturated heterocycles. The molecule has 2 aliphatic rings. The normalized spacial score (nSPS) is 20.0. The molecule has 1 aromatic carbocycles. The van der Waals surface area contributed by atoms with E-state index in [1.165, 1.54) is 23.1 Å². The molecule has 4 heteroatoms. The lowest BCUT2D eigenvalue weighted by atomic mass is 9.92. The van der Waals surface area contributed by atoms with E-state index < -0.39 is 0 Å². The molecule has 1 aromatic heterocycles. The van der Waals surface area contributed by atoms with Crippen LogP contribution in [0.4, 0.5) is 0 Å². The zero-order valence-corrected chi connectivity index (χ0v) is 12.7. The van der Waals surface area contributed by atoms with E-state index in [4.69, 9.17) is 22.1 Å². The van der Waals surface area contributed by atoms with E-state index in [-0.39, 0.29) is 6.04 Å². The quantitative estimate of drug-likeness (QED) is 0.923. The molecule has 0 saturated carbocycles. The van der Waals surface area contributed by atoms with Gasteiger partial charge in [0.25, 0.3) is 0 Å². The van der Waals surface area contributed by atoms with Gasteiger partial charge >= 0.3 is 0 Å². The monoisotopic (exact) mass is 302 g/mol. The summed E-state index contributed by atoms with van der Waals surface area (Å²) in [6, 6.07) is 4.23. The zero-order chi connectivity index (χ0) is 14.4. The Morgan fingerprint density at radius 1 is 1.24 bits per heavy atom. The Hall–Kier alpha value is -1.45. The van der Waals surface area contributed by atoms with Gasteiger partial charge in [-0.2, -0.15) is 0 Å². The summed E-state index contributed by atoms with van der Waals surface area (Å²) in [5, 5.41) is 0.794. The van der Waals surface area contributed by atoms with Gasteiger partial charge in [-0.25, -0.2) is 0 Å². The molecule has 2 N–H and O–H groups in total. The molecule has 1 atom stereocenters. The van der Waals surface area contributed by atoms with Crippen LogP contribution in [0.5, 0.6) is 5.75 Å². The maximum Gasteiger partial charge on any atom is 0.127 e. The van der Waals surface area contributed by atoms with Crippen molar-refractivity contribution < 1.29 is 4.74 Å². The number of hydrogen-bond acceptors (Lipinski definition) is 2. The second-order valence-corrected chi connectivity index (χ2v) is 6.50. The third kappa shape index (κ3) is 2.34. The number of benzene rings is 1. The number of aromatic nitrogens is 1. The van der Waals surface area contributed by atoms with E-state index in [0.29, 0.717) is 0 Å². The number of hydrogen-bond donors (Lipinski definition) is 1. The van der Waals surface area contributed by atoms with E-state index in [0.717, 1.165) is 48.7 Å². The van der Waals surface area contributed by atoms with Crippen LogP contribution < -0.4 is 10.5 Å². The average molecular weight is 303 g/mol. The number of fused-ring (bicyclic) bond motifs is 2. The predicted molar refractivity (Wildman–Crippen MR) is 84.1 cm³/mol. The minimum Gasteiger partial charge on any atom is -0.493 e. The highest BCUT2D eigenvalue weighted by Crippen LogP contribution is 2.34. The molecule has 0 spiro atoms. The molecule has 21 heavy (non-hydrogen) atoms. The number of ether oxygens (including phenoxy) is 1. The van der Waals surface area contributed by atoms with Crippen molar-refractivity contribution in [2.45, 2.75) is 38.3 Å². The van der Waals surface area contributed by atoms with E-state index >= 15 is 0 Å². The van der Waals surface area contributed by atoms with Crippen molar-refractivity contribution in [2.24, 2.45) is 5.73 Å². The van der Waals surface area contributed by atoms with Gasteiger partial charge in [0.2, 0.25) is 0 Å². The summed E-state index contributed by atoms with van der Waals surface area (Å²) in [4.78, 5) is 0. The Morgan fingerprint density at radius 2 is 2.14 bits per heavy atom. The summed E-state index contributed by atoms with van der Waals surface area (Å²) in [5.74, 6) is 1.02. The maximum atomic E-state index is 6.23. The molecule has 1 aliphatic heterocycles. The fraction of sp³-hybridized carbons (Fsp3) is 0.412. The first-order valence-corrected chi connectivity index (χ1v) is 7.97. The van der Waals surface area contributed by atoms with Gasteiger partial charge in [0.15, 0.2) is 0 Å². The highest BCUT2D eigenvalue weighted by Gasteiger charge is 2.21. The topological polar surface area (TPSA) is 40.2 Å². The molecular weight excluding hydrogens is 284 g/mol. The van der Waals surface area contributed by atoms with Crippen molar-refractivity contribution in [1.82, 2.24) is 4.57 Å². The molecule has 4 rings (SSSR count). The number of halogens is 1. The summed E-state index contributed by atoms with van der Waals surface area (Å²) in [7, 11) is 0. The second-order valence-electron chi connectivity index (χ2n) is 6.06. The smallest absolute Gasteiger partial charge is 0.127 e. The largest absolute Gasteiger partial charge is 0.493 e. The Labute approximate surface area is 129 Å². The van der Waals surface area contributed by atoms with Gasteiger partial charge in [-0.15, -0.1) is 0 Å². The molecule has 1 aliphatic carbocycles. The van der Waals surface area contributed by atoms with Crippen molar-refractivity contribution >= 4 is 11.6 Å². The minimum absolute atomic E-state index is 0.191. The van der Waals surface area contributed by atoms with Gasteiger partial charge in [-0.05, 0) is 48.1 Å². The molecular formula is C17H19ClN2O. The number of nitrogens with two attached hydrogens (primary N) is 1. The summed E-state index contributed by atoms with van der Waals surface area (Å²) >= 11 is 6.23. The van der Waals surface area contributed by atoms with E-state index in [9.17, 15) is 0 Å². The Morgan fingerprint density at radius 3 is 3.00 bits per heavy atom. The molecule has 110 valence electrons. The second kappa shape index (κ2) is 5.08. The first-order valence-electron chi connectivity index (χ1n) is 7.59. The van der Waals surface area contributed by atoms with Gasteiger partial charge in [-0.1, -0.05) is 11.6 Å². The van der Waals surface area contributed by atoms with Crippen molar-refractivity contribution in [3.63, 3.8) is 0 Å². The number of aryl methyl sites for hydroxylation is 1. The van der Waals surface area contributed by atoms with Crippen LogP contribution in [0.15, 0.2) is 24.5 Å². The zero-order valence-electron chi connectivity index (χ0n) is 11.9. The minimum atomic E-state index is 0.191. The van der Waals surface area contributed by atoms with Gasteiger partial charge in [0, 0.05) is 35.4 Å². The van der Waals surface area contributed by atoms with Gasteiger partial charge in [0.05, 0.1) is 13.2 Å². The van der Waals surface area contributed by atoms with Crippen LogP contribution in [-0.2, 0) is 19.4 Å². The molecule has 2 aromatic rings. The molecule has 1 unspecified atom stereocenters. The predicted octanol–water partition coefficient (Wildman–Crippen LogP) is 3.46. The van der Waals surface area contributed by atoms with Crippen molar-refractivity contribution in [3.05, 3.63) is 51.8 Å². The highest BCUT2D eigenvalue weighted by molar-refractivity contribution is 6.30. The first kappa shape index (κ1) is 13.2. The van der Waals surface area contributed by atoms with Crippen molar-refractivity contribution in [2.75, 3.05) is 6.61 Å². The maximum absolute atomic E-state index is 6.23. The van der Waals surface area contributed by atoms with Crippen molar-refractivity contribution in [3.8, 4) is 5.75 Å². The van der Waals surface area contributed by atoms with Gasteiger partial charge in [0.1, 0.15) is 5.75 Å². The van der Waals surface area contributed by atoms with E-state index in [1.807, 2.05) is 12.1 Å². The SMILES string of the molecule is NC1CCCc2cn(Cc3cc(Cl)cc4c3OCC4)cc21. The molecule has 0 radical (unpaired) electrons. The van der Waals surface area contributed by atoms with E-state index in [1.54, 1.807) is 0 Å². The fourth-order valence-corrected chi connectivity index (χ4v) is 3.80. The summed E-state index contributed by atoms with van der Waals surface area (Å²) in [6.07, 6.45) is 8.80. The summed E-state index contributed by atoms with van der Waals surface area (Å²) in [5.41, 5.74) is 11.3. The standard InChI is InChI=1S/C17H19ClN2O/c18-14-6-11-4-5-21-17(11)13(7-14)9-20-8-12-2-1-3-16(19)15(12)10-20/h6-8,10,16H,1-5,9,19H2. The molecule has 0 bridgehead atoms. The van der Waals surface area contributed by atoms with Crippen LogP contribution in [0.1, 0.15) is 41.1 Å². The lowest BCUT2D eigenvalue weighted by molar-refractivity contribution is 0.352. The van der Waals surface area contributed by atoms with Crippen LogP contribution >= 0.6 is 11.6 Å². The van der Waals surface area contributed by atoms with E-state index in [2.05, 4.69) is 17.0 Å². The highest BCUT2D eigenvalue weighted by atomic mass is 35.5. The van der Waals surface area contributed by atoms with Crippen LogP contribution in [0.2, 0.25) is 5.02 Å². The third-order valence-corrected chi connectivity index (χ3v) is 4.75. The Balaban J connectivity index is 1.68. The third-order valence-electron chi connectivity index (χ3n) is 4.54. The number of nitrogens with zero attached hydrogens (tertiary/aromatic N) is 1. The first-order chi connectivity index (χ1) is 10.2. The van der Waals surface area contributed by atoms with Crippen LogP contribution in [0.25, 0.3) is 0 Å². The fourth-order valence-electron chi connectivity index (χ4n) is 3.54. The van der Waals surface area contributed by atoms with Gasteiger partial charge < -0.3 is 15.0 Å². The average Bonchev–Trinajstić information content (AvgIpc) is 3.05. The number of rotatable bonds is 2. The molecule has 0 fully saturated rings. The van der Waals surface area contributed by atoms with Crippen molar-refractivity contribution in [1.29, 1.82) is 0 Å². The molecule has 3 nitrogen and oxygen atoms in total. The lowest BCUT2D eigenvalue weighted by Gasteiger charge is -2.17. The lowest BCUT2D eigenvalue weighted by Crippen LogP contribution is -2.15. The summed E-state index contributed by atoms with van der Waals surface area (Å²) in [6.45, 7) is 1.55. The van der Waals surface area contributed by atoms with Crippen LogP contribution in [-0.4, -0.2) is 11.2 Å². The molecule has 0 amide bonds. The van der Waals surface area contributed by atoms with Gasteiger partial charge in [-0.3, -0.25) is 0 Å². The Kier molecular flexibility index (Phi) is 3.20. The summed E-state index contributed by atoms with van der Waals surface area (Å²) < 4.78 is 8.01. The molecule has 2 heterocycles.